The summed E-state index contributed by atoms with van der Waals surface area (Å²) < 4.78 is 2.37. The van der Waals surface area contributed by atoms with Gasteiger partial charge >= 0.3 is 0 Å². The molecule has 0 fully saturated rings. The first-order chi connectivity index (χ1) is 11.3. The highest BCUT2D eigenvalue weighted by Gasteiger charge is 2.09. The summed E-state index contributed by atoms with van der Waals surface area (Å²) >= 11 is 6.19. The maximum atomic E-state index is 6.19. The van der Waals surface area contributed by atoms with Gasteiger partial charge in [-0.05, 0) is 62.2 Å². The highest BCUT2D eigenvalue weighted by molar-refractivity contribution is 6.31. The van der Waals surface area contributed by atoms with Gasteiger partial charge in [-0.1, -0.05) is 41.9 Å². The highest BCUT2D eigenvalue weighted by Crippen LogP contribution is 2.25. The third kappa shape index (κ3) is 3.95. The second kappa shape index (κ2) is 7.67. The van der Waals surface area contributed by atoms with Gasteiger partial charge in [0.25, 0.3) is 0 Å². The Morgan fingerprint density at radius 1 is 1.04 bits per heavy atom. The summed E-state index contributed by atoms with van der Waals surface area (Å²) in [4.78, 5) is 0. The van der Waals surface area contributed by atoms with Gasteiger partial charge < -0.3 is 9.88 Å². The van der Waals surface area contributed by atoms with Crippen LogP contribution in [0.1, 0.15) is 17.5 Å². The van der Waals surface area contributed by atoms with E-state index in [4.69, 9.17) is 11.6 Å². The second-order valence-corrected chi connectivity index (χ2v) is 6.39. The lowest BCUT2D eigenvalue weighted by Crippen LogP contribution is -2.10. The fraction of sp³-hybridized carbons (Fsp3) is 0.300. The lowest BCUT2D eigenvalue weighted by molar-refractivity contribution is 0.659. The molecule has 3 heteroatoms. The molecule has 120 valence electrons. The minimum absolute atomic E-state index is 0.810. The number of halogens is 1. The van der Waals surface area contributed by atoms with Crippen LogP contribution in [-0.4, -0.2) is 18.2 Å². The van der Waals surface area contributed by atoms with Crippen molar-refractivity contribution < 1.29 is 0 Å². The first kappa shape index (κ1) is 16.1. The van der Waals surface area contributed by atoms with Crippen LogP contribution in [0.15, 0.2) is 54.7 Å². The number of rotatable bonds is 7. The molecule has 1 heterocycles. The molecule has 0 radical (unpaired) electrons. The number of aromatic nitrogens is 1. The number of benzene rings is 2. The zero-order valence-electron chi connectivity index (χ0n) is 13.6. The average molecular weight is 327 g/mol. The van der Waals surface area contributed by atoms with Crippen molar-refractivity contribution in [1.29, 1.82) is 0 Å². The molecule has 0 unspecified atom stereocenters. The Morgan fingerprint density at radius 2 is 1.87 bits per heavy atom. The summed E-state index contributed by atoms with van der Waals surface area (Å²) in [6.07, 6.45) is 5.57. The van der Waals surface area contributed by atoms with E-state index in [-0.39, 0.29) is 0 Å². The number of hydrogen-bond donors (Lipinski definition) is 1. The number of aryl methyl sites for hydroxylation is 2. The van der Waals surface area contributed by atoms with Crippen LogP contribution >= 0.6 is 11.6 Å². The van der Waals surface area contributed by atoms with Crippen LogP contribution in [0.4, 0.5) is 0 Å². The Morgan fingerprint density at radius 3 is 2.65 bits per heavy atom. The van der Waals surface area contributed by atoms with E-state index in [0.717, 1.165) is 37.4 Å². The smallest absolute Gasteiger partial charge is 0.0484 e. The van der Waals surface area contributed by atoms with E-state index in [2.05, 4.69) is 58.5 Å². The minimum Gasteiger partial charge on any atom is -0.347 e. The minimum atomic E-state index is 0.810. The van der Waals surface area contributed by atoms with E-state index >= 15 is 0 Å². The molecule has 0 saturated heterocycles. The lowest BCUT2D eigenvalue weighted by Gasteiger charge is -2.06. The van der Waals surface area contributed by atoms with Gasteiger partial charge in [0.1, 0.15) is 0 Å². The second-order valence-electron chi connectivity index (χ2n) is 5.95. The normalized spacial score (nSPS) is 11.2. The molecule has 0 saturated carbocycles. The van der Waals surface area contributed by atoms with Gasteiger partial charge in [-0.3, -0.25) is 0 Å². The van der Waals surface area contributed by atoms with Crippen LogP contribution in [0, 0.1) is 0 Å². The average Bonchev–Trinajstić information content (AvgIpc) is 2.91. The van der Waals surface area contributed by atoms with Crippen molar-refractivity contribution in [3.8, 4) is 0 Å². The Balaban J connectivity index is 1.77. The molecule has 0 atom stereocenters. The zero-order chi connectivity index (χ0) is 16.1. The number of likely N-dealkylation sites (N-methyl/N-ethyl adjacent to an activating group) is 1. The van der Waals surface area contributed by atoms with E-state index < -0.39 is 0 Å². The van der Waals surface area contributed by atoms with Crippen LogP contribution in [-0.2, 0) is 19.4 Å². The van der Waals surface area contributed by atoms with Gasteiger partial charge in [-0.15, -0.1) is 0 Å². The standard InChI is InChI=1S/C20H23ClN2/c1-22-12-11-17-15-23(20-10-9-18(21)14-19(17)20)13-5-8-16-6-3-2-4-7-16/h2-4,6-7,9-10,14-15,22H,5,8,11-13H2,1H3. The molecule has 23 heavy (non-hydrogen) atoms. The Bertz CT molecular complexity index is 762. The Hall–Kier alpha value is -1.77. The number of nitrogens with zero attached hydrogens (tertiary/aromatic N) is 1. The predicted octanol–water partition coefficient (Wildman–Crippen LogP) is 4.69. The SMILES string of the molecule is CNCCc1cn(CCCc2ccccc2)c2ccc(Cl)cc12. The van der Waals surface area contributed by atoms with Crippen molar-refractivity contribution in [1.82, 2.24) is 9.88 Å². The van der Waals surface area contributed by atoms with Gasteiger partial charge in [0.15, 0.2) is 0 Å². The fourth-order valence-corrected chi connectivity index (χ4v) is 3.26. The Labute approximate surface area is 143 Å². The van der Waals surface area contributed by atoms with Gasteiger partial charge in [-0.25, -0.2) is 0 Å². The molecule has 0 aliphatic carbocycles. The van der Waals surface area contributed by atoms with Crippen molar-refractivity contribution in [2.75, 3.05) is 13.6 Å². The molecule has 0 bridgehead atoms. The monoisotopic (exact) mass is 326 g/mol. The molecule has 1 N–H and O–H groups in total. The van der Waals surface area contributed by atoms with Crippen molar-refractivity contribution in [2.45, 2.75) is 25.8 Å². The highest BCUT2D eigenvalue weighted by atomic mass is 35.5. The van der Waals surface area contributed by atoms with Crippen molar-refractivity contribution in [3.05, 3.63) is 70.9 Å². The summed E-state index contributed by atoms with van der Waals surface area (Å²) in [6.45, 7) is 2.02. The molecule has 2 nitrogen and oxygen atoms in total. The van der Waals surface area contributed by atoms with E-state index in [9.17, 15) is 0 Å². The molecule has 1 aromatic heterocycles. The van der Waals surface area contributed by atoms with Crippen LogP contribution < -0.4 is 5.32 Å². The molecule has 0 amide bonds. The molecular formula is C20H23ClN2. The first-order valence-corrected chi connectivity index (χ1v) is 8.61. The quantitative estimate of drug-likeness (QED) is 0.666. The maximum Gasteiger partial charge on any atom is 0.0484 e. The molecule has 0 aliphatic heterocycles. The molecular weight excluding hydrogens is 304 g/mol. The maximum absolute atomic E-state index is 6.19. The first-order valence-electron chi connectivity index (χ1n) is 8.24. The van der Waals surface area contributed by atoms with Crippen molar-refractivity contribution >= 4 is 22.5 Å². The number of nitrogens with one attached hydrogen (secondary N) is 1. The number of hydrogen-bond acceptors (Lipinski definition) is 1. The van der Waals surface area contributed by atoms with Gasteiger partial charge in [0.2, 0.25) is 0 Å². The molecule has 3 rings (SSSR count). The zero-order valence-corrected chi connectivity index (χ0v) is 14.3. The number of fused-ring (bicyclic) bond motifs is 1. The fourth-order valence-electron chi connectivity index (χ4n) is 3.09. The van der Waals surface area contributed by atoms with E-state index in [1.165, 1.54) is 22.0 Å². The molecule has 2 aromatic carbocycles. The van der Waals surface area contributed by atoms with Crippen LogP contribution in [0.2, 0.25) is 5.02 Å². The summed E-state index contributed by atoms with van der Waals surface area (Å²) in [5.41, 5.74) is 4.06. The van der Waals surface area contributed by atoms with Crippen LogP contribution in [0.5, 0.6) is 0 Å². The van der Waals surface area contributed by atoms with Crippen molar-refractivity contribution in [2.24, 2.45) is 0 Å². The summed E-state index contributed by atoms with van der Waals surface area (Å²) in [5.74, 6) is 0. The third-order valence-corrected chi connectivity index (χ3v) is 4.51. The molecule has 0 aliphatic rings. The Kier molecular flexibility index (Phi) is 5.37. The summed E-state index contributed by atoms with van der Waals surface area (Å²) in [5, 5.41) is 5.32. The van der Waals surface area contributed by atoms with E-state index in [1.54, 1.807) is 0 Å². The summed E-state index contributed by atoms with van der Waals surface area (Å²) in [7, 11) is 1.99. The predicted molar refractivity (Wildman–Crippen MR) is 99.3 cm³/mol. The van der Waals surface area contributed by atoms with E-state index in [1.807, 2.05) is 13.1 Å². The summed E-state index contributed by atoms with van der Waals surface area (Å²) in [6, 6.07) is 16.9. The third-order valence-electron chi connectivity index (χ3n) is 4.28. The van der Waals surface area contributed by atoms with Gasteiger partial charge in [0, 0.05) is 28.7 Å². The van der Waals surface area contributed by atoms with Gasteiger partial charge in [0.05, 0.1) is 0 Å². The van der Waals surface area contributed by atoms with Crippen LogP contribution in [0.3, 0.4) is 0 Å². The topological polar surface area (TPSA) is 17.0 Å². The van der Waals surface area contributed by atoms with Crippen molar-refractivity contribution in [3.63, 3.8) is 0 Å². The molecule has 0 spiro atoms. The lowest BCUT2D eigenvalue weighted by atomic mass is 10.1. The largest absolute Gasteiger partial charge is 0.347 e. The van der Waals surface area contributed by atoms with E-state index in [0.29, 0.717) is 0 Å². The van der Waals surface area contributed by atoms with Gasteiger partial charge in [-0.2, -0.15) is 0 Å². The molecule has 3 aromatic rings. The van der Waals surface area contributed by atoms with Crippen LogP contribution in [0.25, 0.3) is 10.9 Å².